The number of fused-ring (bicyclic) bond motifs is 3. The number of morpholine rings is 1. The second-order valence-electron chi connectivity index (χ2n) is 9.74. The number of rotatable bonds is 3. The monoisotopic (exact) mass is 423 g/mol. The van der Waals surface area contributed by atoms with Gasteiger partial charge in [-0.05, 0) is 55.2 Å². The highest BCUT2D eigenvalue weighted by atomic mass is 16.5. The molecule has 4 N–H and O–H groups in total. The van der Waals surface area contributed by atoms with Crippen LogP contribution in [-0.4, -0.2) is 48.4 Å². The van der Waals surface area contributed by atoms with Crippen LogP contribution >= 0.6 is 0 Å². The van der Waals surface area contributed by atoms with E-state index in [1.807, 2.05) is 0 Å². The fraction of sp³-hybridized carbons (Fsp3) is 0.583. The molecule has 7 nitrogen and oxygen atoms in total. The van der Waals surface area contributed by atoms with Crippen molar-refractivity contribution in [2.45, 2.75) is 63.5 Å². The average molecular weight is 424 g/mol. The summed E-state index contributed by atoms with van der Waals surface area (Å²) in [6.07, 6.45) is 6.74. The maximum atomic E-state index is 6.64. The fourth-order valence-corrected chi connectivity index (χ4v) is 5.43. The third kappa shape index (κ3) is 3.74. The SMILES string of the molecule is CC1(C)Cc2c(ccc(OC3CCC(N)CC3)c2N2CCOCC2)-c2ncnc(N)c21. The molecule has 3 aliphatic rings. The van der Waals surface area contributed by atoms with Crippen LogP contribution in [0.25, 0.3) is 11.3 Å². The maximum absolute atomic E-state index is 6.64. The zero-order valence-corrected chi connectivity index (χ0v) is 18.6. The minimum absolute atomic E-state index is 0.162. The van der Waals surface area contributed by atoms with Crippen molar-refractivity contribution >= 4 is 11.5 Å². The molecule has 1 aliphatic heterocycles. The highest BCUT2D eigenvalue weighted by Gasteiger charge is 2.38. The number of nitrogens with two attached hydrogens (primary N) is 2. The molecule has 1 aromatic heterocycles. The van der Waals surface area contributed by atoms with Crippen molar-refractivity contribution in [1.82, 2.24) is 9.97 Å². The van der Waals surface area contributed by atoms with E-state index in [2.05, 4.69) is 40.8 Å². The second-order valence-corrected chi connectivity index (χ2v) is 9.74. The Kier molecular flexibility index (Phi) is 5.26. The lowest BCUT2D eigenvalue weighted by atomic mass is 9.71. The van der Waals surface area contributed by atoms with Crippen molar-refractivity contribution in [1.29, 1.82) is 0 Å². The predicted octanol–water partition coefficient (Wildman–Crippen LogP) is 3.04. The zero-order chi connectivity index (χ0) is 21.6. The molecule has 7 heteroatoms. The number of nitrogens with zero attached hydrogens (tertiary/aromatic N) is 3. The van der Waals surface area contributed by atoms with Gasteiger partial charge in [0.15, 0.2) is 0 Å². The van der Waals surface area contributed by atoms with Gasteiger partial charge in [-0.15, -0.1) is 0 Å². The average Bonchev–Trinajstić information content (AvgIpc) is 2.75. The van der Waals surface area contributed by atoms with Crippen LogP contribution in [-0.2, 0) is 16.6 Å². The molecule has 31 heavy (non-hydrogen) atoms. The molecule has 0 unspecified atom stereocenters. The van der Waals surface area contributed by atoms with E-state index >= 15 is 0 Å². The summed E-state index contributed by atoms with van der Waals surface area (Å²) in [5, 5.41) is 0. The van der Waals surface area contributed by atoms with E-state index in [-0.39, 0.29) is 11.5 Å². The molecule has 1 aromatic carbocycles. The van der Waals surface area contributed by atoms with E-state index in [1.54, 1.807) is 6.33 Å². The molecule has 0 spiro atoms. The summed E-state index contributed by atoms with van der Waals surface area (Å²) in [6.45, 7) is 7.65. The first kappa shape index (κ1) is 20.5. The summed E-state index contributed by atoms with van der Waals surface area (Å²) >= 11 is 0. The second kappa shape index (κ2) is 7.95. The number of hydrogen-bond acceptors (Lipinski definition) is 7. The molecule has 0 bridgehead atoms. The summed E-state index contributed by atoms with van der Waals surface area (Å²) in [7, 11) is 0. The highest BCUT2D eigenvalue weighted by Crippen LogP contribution is 2.49. The van der Waals surface area contributed by atoms with Crippen molar-refractivity contribution in [3.63, 3.8) is 0 Å². The zero-order valence-electron chi connectivity index (χ0n) is 18.6. The van der Waals surface area contributed by atoms with Crippen LogP contribution in [0.3, 0.4) is 0 Å². The topological polar surface area (TPSA) is 99.5 Å². The van der Waals surface area contributed by atoms with Crippen LogP contribution in [0, 0.1) is 0 Å². The summed E-state index contributed by atoms with van der Waals surface area (Å²) in [6, 6.07) is 4.59. The van der Waals surface area contributed by atoms with E-state index in [0.717, 1.165) is 81.0 Å². The van der Waals surface area contributed by atoms with E-state index < -0.39 is 0 Å². The van der Waals surface area contributed by atoms with Gasteiger partial charge in [0.05, 0.1) is 30.7 Å². The molecule has 166 valence electrons. The van der Waals surface area contributed by atoms with Crippen molar-refractivity contribution < 1.29 is 9.47 Å². The smallest absolute Gasteiger partial charge is 0.143 e. The van der Waals surface area contributed by atoms with Crippen LogP contribution in [0.2, 0.25) is 0 Å². The number of ether oxygens (including phenoxy) is 2. The van der Waals surface area contributed by atoms with Gasteiger partial charge in [0, 0.05) is 30.3 Å². The Morgan fingerprint density at radius 2 is 1.84 bits per heavy atom. The van der Waals surface area contributed by atoms with Crippen molar-refractivity contribution in [3.05, 3.63) is 29.6 Å². The van der Waals surface area contributed by atoms with Crippen molar-refractivity contribution in [2.75, 3.05) is 36.9 Å². The standard InChI is InChI=1S/C24H33N5O2/c1-24(2)13-18-17(21-20(24)23(26)28-14-27-21)7-8-19(22(18)29-9-11-30-12-10-29)31-16-5-3-15(25)4-6-16/h7-8,14-16H,3-6,9-13,25H2,1-2H3,(H2,26,27,28). The lowest BCUT2D eigenvalue weighted by Gasteiger charge is -2.39. The van der Waals surface area contributed by atoms with E-state index in [1.165, 1.54) is 11.3 Å². The molecule has 2 aromatic rings. The molecule has 2 heterocycles. The number of aromatic nitrogens is 2. The van der Waals surface area contributed by atoms with Gasteiger partial charge in [-0.2, -0.15) is 0 Å². The van der Waals surface area contributed by atoms with Gasteiger partial charge in [-0.3, -0.25) is 0 Å². The Bertz CT molecular complexity index is 963. The summed E-state index contributed by atoms with van der Waals surface area (Å²) in [5.74, 6) is 1.55. The largest absolute Gasteiger partial charge is 0.488 e. The summed E-state index contributed by atoms with van der Waals surface area (Å²) in [4.78, 5) is 11.4. The summed E-state index contributed by atoms with van der Waals surface area (Å²) in [5.41, 5.74) is 17.9. The Labute approximate surface area is 184 Å². The quantitative estimate of drug-likeness (QED) is 0.783. The van der Waals surface area contributed by atoms with Gasteiger partial charge >= 0.3 is 0 Å². The first-order valence-electron chi connectivity index (χ1n) is 11.5. The molecule has 2 fully saturated rings. The van der Waals surface area contributed by atoms with Gasteiger partial charge in [0.25, 0.3) is 0 Å². The predicted molar refractivity (Wildman–Crippen MR) is 123 cm³/mol. The van der Waals surface area contributed by atoms with Crippen molar-refractivity contribution in [2.24, 2.45) is 5.73 Å². The van der Waals surface area contributed by atoms with E-state index in [9.17, 15) is 0 Å². The molecule has 2 aliphatic carbocycles. The number of benzene rings is 1. The van der Waals surface area contributed by atoms with E-state index in [4.69, 9.17) is 20.9 Å². The Morgan fingerprint density at radius 1 is 1.10 bits per heavy atom. The van der Waals surface area contributed by atoms with Gasteiger partial charge in [-0.1, -0.05) is 13.8 Å². The Balaban J connectivity index is 1.61. The van der Waals surface area contributed by atoms with E-state index in [0.29, 0.717) is 11.9 Å². The first-order valence-corrected chi connectivity index (χ1v) is 11.5. The normalized spacial score (nSPS) is 24.9. The van der Waals surface area contributed by atoms with Gasteiger partial charge in [0.1, 0.15) is 17.9 Å². The Morgan fingerprint density at radius 3 is 2.58 bits per heavy atom. The molecular formula is C24H33N5O2. The molecule has 5 rings (SSSR count). The van der Waals surface area contributed by atoms with Crippen molar-refractivity contribution in [3.8, 4) is 17.0 Å². The Hall–Kier alpha value is -2.38. The molecular weight excluding hydrogens is 390 g/mol. The molecule has 0 amide bonds. The van der Waals surface area contributed by atoms with Crippen LogP contribution in [0.4, 0.5) is 11.5 Å². The minimum atomic E-state index is -0.162. The fourth-order valence-electron chi connectivity index (χ4n) is 5.43. The van der Waals surface area contributed by atoms with Gasteiger partial charge < -0.3 is 25.8 Å². The number of anilines is 2. The molecule has 1 saturated carbocycles. The lowest BCUT2D eigenvalue weighted by molar-refractivity contribution is 0.120. The molecule has 1 saturated heterocycles. The first-order chi connectivity index (χ1) is 14.9. The van der Waals surface area contributed by atoms with Crippen LogP contribution < -0.4 is 21.1 Å². The van der Waals surface area contributed by atoms with Gasteiger partial charge in [0.2, 0.25) is 0 Å². The summed E-state index contributed by atoms with van der Waals surface area (Å²) < 4.78 is 12.3. The third-order valence-corrected chi connectivity index (χ3v) is 7.01. The molecule has 0 radical (unpaired) electrons. The van der Waals surface area contributed by atoms with Crippen LogP contribution in [0.5, 0.6) is 5.75 Å². The lowest BCUT2D eigenvalue weighted by Crippen LogP contribution is -2.39. The number of hydrogen-bond donors (Lipinski definition) is 2. The minimum Gasteiger partial charge on any atom is -0.488 e. The maximum Gasteiger partial charge on any atom is 0.143 e. The van der Waals surface area contributed by atoms with Gasteiger partial charge in [-0.25, -0.2) is 9.97 Å². The molecule has 0 atom stereocenters. The number of nitrogen functional groups attached to an aromatic ring is 1. The van der Waals surface area contributed by atoms with Crippen LogP contribution in [0.1, 0.15) is 50.7 Å². The van der Waals surface area contributed by atoms with Crippen LogP contribution in [0.15, 0.2) is 18.5 Å². The third-order valence-electron chi connectivity index (χ3n) is 7.01. The highest BCUT2D eigenvalue weighted by molar-refractivity contribution is 5.83.